The third kappa shape index (κ3) is 5.93. The number of nitrogens with zero attached hydrogens (tertiary/aromatic N) is 3. The van der Waals surface area contributed by atoms with Gasteiger partial charge in [-0.1, -0.05) is 31.5 Å². The summed E-state index contributed by atoms with van der Waals surface area (Å²) in [6.45, 7) is 2.30. The van der Waals surface area contributed by atoms with Gasteiger partial charge in [-0.05, 0) is 18.6 Å². The van der Waals surface area contributed by atoms with Crippen molar-refractivity contribution in [1.29, 1.82) is 0 Å². The Morgan fingerprint density at radius 2 is 2.00 bits per heavy atom. The maximum absolute atomic E-state index is 11.9. The number of amides is 1. The van der Waals surface area contributed by atoms with Crippen LogP contribution in [0.15, 0.2) is 47.8 Å². The molecule has 5 N–H and O–H groups in total. The molecule has 1 aliphatic rings. The fourth-order valence-electron chi connectivity index (χ4n) is 3.15. The second kappa shape index (κ2) is 11.5. The minimum Gasteiger partial charge on any atom is -0.410 e. The highest BCUT2D eigenvalue weighted by molar-refractivity contribution is 5.70. The highest BCUT2D eigenvalue weighted by atomic mass is 16.6. The molecular weight excluding hydrogens is 434 g/mol. The van der Waals surface area contributed by atoms with Gasteiger partial charge >= 0.3 is 6.09 Å². The number of carbonyl (C=O) groups is 1. The number of ether oxygens (including phenoxy) is 2. The van der Waals surface area contributed by atoms with E-state index in [4.69, 9.17) is 14.6 Å². The second-order valence-corrected chi connectivity index (χ2v) is 7.26. The molecule has 3 aromatic rings. The molecule has 178 valence electrons. The SMILES string of the molecule is CCCCO.O=C(NCC1OC(n2cnc3c(=O)[nH]cnc32)C(O)C1O)Oc1ccccc1. The molecule has 0 spiro atoms. The van der Waals surface area contributed by atoms with E-state index in [1.165, 1.54) is 17.2 Å². The number of aromatic amines is 1. The predicted molar refractivity (Wildman–Crippen MR) is 117 cm³/mol. The van der Waals surface area contributed by atoms with Crippen molar-refractivity contribution >= 4 is 17.3 Å². The number of aromatic nitrogens is 4. The summed E-state index contributed by atoms with van der Waals surface area (Å²) < 4.78 is 12.1. The van der Waals surface area contributed by atoms with Crippen molar-refractivity contribution in [3.63, 3.8) is 0 Å². The van der Waals surface area contributed by atoms with E-state index in [2.05, 4.69) is 27.2 Å². The van der Waals surface area contributed by atoms with Crippen LogP contribution in [0.5, 0.6) is 5.75 Å². The molecule has 0 aliphatic carbocycles. The average Bonchev–Trinajstić information content (AvgIpc) is 3.36. The average molecular weight is 461 g/mol. The number of aliphatic hydroxyl groups excluding tert-OH is 3. The number of H-pyrrole nitrogens is 1. The normalized spacial score (nSPS) is 21.9. The number of nitrogens with one attached hydrogen (secondary N) is 2. The van der Waals surface area contributed by atoms with Crippen molar-refractivity contribution in [1.82, 2.24) is 24.8 Å². The topological polar surface area (TPSA) is 172 Å². The van der Waals surface area contributed by atoms with Gasteiger partial charge in [0, 0.05) is 13.2 Å². The van der Waals surface area contributed by atoms with Gasteiger partial charge in [0.1, 0.15) is 24.1 Å². The molecule has 1 aromatic carbocycles. The number of unbranched alkanes of at least 4 members (excludes halogenated alkanes) is 1. The first kappa shape index (κ1) is 24.3. The number of benzene rings is 1. The molecule has 1 saturated heterocycles. The van der Waals surface area contributed by atoms with E-state index in [0.717, 1.165) is 12.8 Å². The van der Waals surface area contributed by atoms with Crippen LogP contribution in [-0.4, -0.2) is 72.4 Å². The van der Waals surface area contributed by atoms with Crippen LogP contribution in [0.25, 0.3) is 11.2 Å². The molecule has 2 aromatic heterocycles. The van der Waals surface area contributed by atoms with Crippen LogP contribution >= 0.6 is 0 Å². The highest BCUT2D eigenvalue weighted by Gasteiger charge is 2.44. The molecule has 3 heterocycles. The minimum absolute atomic E-state index is 0.0841. The maximum Gasteiger partial charge on any atom is 0.412 e. The summed E-state index contributed by atoms with van der Waals surface area (Å²) in [6.07, 6.45) is -0.685. The van der Waals surface area contributed by atoms with Crippen LogP contribution in [-0.2, 0) is 4.74 Å². The van der Waals surface area contributed by atoms with E-state index in [1.54, 1.807) is 30.3 Å². The fourth-order valence-corrected chi connectivity index (χ4v) is 3.15. The van der Waals surface area contributed by atoms with Crippen LogP contribution in [0.1, 0.15) is 26.0 Å². The fraction of sp³-hybridized carbons (Fsp3) is 0.429. The van der Waals surface area contributed by atoms with Crippen LogP contribution < -0.4 is 15.6 Å². The monoisotopic (exact) mass is 461 g/mol. The molecule has 4 atom stereocenters. The van der Waals surface area contributed by atoms with Gasteiger partial charge in [0.2, 0.25) is 0 Å². The third-order valence-electron chi connectivity index (χ3n) is 4.89. The van der Waals surface area contributed by atoms with Gasteiger partial charge in [0.15, 0.2) is 17.4 Å². The lowest BCUT2D eigenvalue weighted by atomic mass is 10.1. The standard InChI is InChI=1S/C17H17N5O6.C4H10O/c23-12-10(6-18-17(26)27-9-4-2-1-3-5-9)28-16(13(12)24)22-8-21-11-14(22)19-7-20-15(11)25;1-2-3-4-5/h1-5,7-8,10,12-13,16,23-24H,6H2,(H,18,26)(H,19,20,25);5H,2-4H2,1H3. The minimum atomic E-state index is -1.31. The Morgan fingerprint density at radius 1 is 1.24 bits per heavy atom. The molecule has 0 bridgehead atoms. The van der Waals surface area contributed by atoms with Gasteiger partial charge in [-0.3, -0.25) is 9.36 Å². The van der Waals surface area contributed by atoms with E-state index in [1.807, 2.05) is 0 Å². The van der Waals surface area contributed by atoms with Crippen molar-refractivity contribution in [3.05, 3.63) is 53.3 Å². The number of fused-ring (bicyclic) bond motifs is 1. The summed E-state index contributed by atoms with van der Waals surface area (Å²) in [5.74, 6) is 0.368. The zero-order valence-corrected chi connectivity index (χ0v) is 18.0. The third-order valence-corrected chi connectivity index (χ3v) is 4.89. The smallest absolute Gasteiger partial charge is 0.410 e. The van der Waals surface area contributed by atoms with Crippen LogP contribution in [0.2, 0.25) is 0 Å². The molecule has 33 heavy (non-hydrogen) atoms. The summed E-state index contributed by atoms with van der Waals surface area (Å²) in [6, 6.07) is 8.49. The molecule has 0 radical (unpaired) electrons. The predicted octanol–water partition coefficient (Wildman–Crippen LogP) is 0.306. The summed E-state index contributed by atoms with van der Waals surface area (Å²) in [5, 5.41) is 31.2. The Morgan fingerprint density at radius 3 is 2.67 bits per heavy atom. The van der Waals surface area contributed by atoms with Crippen molar-refractivity contribution in [2.75, 3.05) is 13.2 Å². The highest BCUT2D eigenvalue weighted by Crippen LogP contribution is 2.30. The zero-order valence-electron chi connectivity index (χ0n) is 18.0. The van der Waals surface area contributed by atoms with Crippen molar-refractivity contribution in [2.45, 2.75) is 44.3 Å². The zero-order chi connectivity index (χ0) is 23.8. The number of aliphatic hydroxyl groups is 3. The molecule has 12 nitrogen and oxygen atoms in total. The van der Waals surface area contributed by atoms with E-state index in [9.17, 15) is 19.8 Å². The summed E-state index contributed by atoms with van der Waals surface area (Å²) in [4.78, 5) is 34.0. The lowest BCUT2D eigenvalue weighted by molar-refractivity contribution is -0.0337. The van der Waals surface area contributed by atoms with E-state index in [-0.39, 0.29) is 17.7 Å². The van der Waals surface area contributed by atoms with E-state index < -0.39 is 36.2 Å². The Hall–Kier alpha value is -3.32. The quantitative estimate of drug-likeness (QED) is 0.346. The first-order chi connectivity index (χ1) is 16.0. The van der Waals surface area contributed by atoms with E-state index in [0.29, 0.717) is 12.4 Å². The van der Waals surface area contributed by atoms with Crippen LogP contribution in [0.4, 0.5) is 4.79 Å². The van der Waals surface area contributed by atoms with Gasteiger partial charge in [0.25, 0.3) is 5.56 Å². The van der Waals surface area contributed by atoms with Gasteiger partial charge in [-0.2, -0.15) is 0 Å². The molecule has 4 rings (SSSR count). The maximum atomic E-state index is 11.9. The number of hydrogen-bond acceptors (Lipinski definition) is 9. The number of para-hydroxylation sites is 1. The molecule has 1 aliphatic heterocycles. The van der Waals surface area contributed by atoms with E-state index >= 15 is 0 Å². The number of hydrogen-bond donors (Lipinski definition) is 5. The first-order valence-electron chi connectivity index (χ1n) is 10.5. The Balaban J connectivity index is 0.000000555. The first-order valence-corrected chi connectivity index (χ1v) is 10.5. The van der Waals surface area contributed by atoms with Gasteiger partial charge < -0.3 is 35.1 Å². The summed E-state index contributed by atoms with van der Waals surface area (Å²) >= 11 is 0. The van der Waals surface area contributed by atoms with Gasteiger partial charge in [-0.15, -0.1) is 0 Å². The van der Waals surface area contributed by atoms with Gasteiger partial charge in [-0.25, -0.2) is 14.8 Å². The Bertz CT molecular complexity index is 1090. The number of carbonyl (C=O) groups excluding carboxylic acids is 1. The Labute approximate surface area is 188 Å². The van der Waals surface area contributed by atoms with Crippen LogP contribution in [0.3, 0.4) is 0 Å². The lowest BCUT2D eigenvalue weighted by Gasteiger charge is -2.16. The molecule has 1 amide bonds. The second-order valence-electron chi connectivity index (χ2n) is 7.26. The summed E-state index contributed by atoms with van der Waals surface area (Å²) in [5.41, 5.74) is -0.142. The van der Waals surface area contributed by atoms with Crippen molar-refractivity contribution < 1.29 is 29.6 Å². The summed E-state index contributed by atoms with van der Waals surface area (Å²) in [7, 11) is 0. The van der Waals surface area contributed by atoms with Crippen LogP contribution in [0, 0.1) is 0 Å². The van der Waals surface area contributed by atoms with Crippen molar-refractivity contribution in [2.24, 2.45) is 0 Å². The molecular formula is C21H27N5O7. The molecule has 1 fully saturated rings. The van der Waals surface area contributed by atoms with Crippen molar-refractivity contribution in [3.8, 4) is 5.75 Å². The number of rotatable bonds is 6. The van der Waals surface area contributed by atoms with Gasteiger partial charge in [0.05, 0.1) is 12.7 Å². The Kier molecular flexibility index (Phi) is 8.49. The lowest BCUT2D eigenvalue weighted by Crippen LogP contribution is -2.40. The molecule has 4 unspecified atom stereocenters. The molecule has 12 heteroatoms. The number of imidazole rings is 1. The largest absolute Gasteiger partial charge is 0.412 e. The molecule has 0 saturated carbocycles.